The van der Waals surface area contributed by atoms with E-state index in [1.807, 2.05) is 0 Å². The van der Waals surface area contributed by atoms with Crippen molar-refractivity contribution >= 4 is 0 Å². The molecule has 0 aromatic heterocycles. The minimum absolute atomic E-state index is 0.759. The Morgan fingerprint density at radius 3 is 0.922 bits per heavy atom. The average molecular weight is 702 g/mol. The van der Waals surface area contributed by atoms with Crippen molar-refractivity contribution in [2.75, 3.05) is 13.1 Å². The molecule has 51 heavy (non-hydrogen) atoms. The molecule has 0 aliphatic rings. The molecule has 0 saturated carbocycles. The number of benzene rings is 2. The Balaban J connectivity index is 1.23. The van der Waals surface area contributed by atoms with Crippen LogP contribution in [-0.4, -0.2) is 13.1 Å². The van der Waals surface area contributed by atoms with Crippen LogP contribution < -0.4 is 5.32 Å². The number of rotatable bonds is 39. The van der Waals surface area contributed by atoms with Gasteiger partial charge in [0.2, 0.25) is 0 Å². The van der Waals surface area contributed by atoms with Crippen LogP contribution in [0.4, 0.5) is 0 Å². The van der Waals surface area contributed by atoms with E-state index in [1.165, 1.54) is 243 Å². The molecule has 0 atom stereocenters. The second-order valence-electron chi connectivity index (χ2n) is 16.4. The van der Waals surface area contributed by atoms with Gasteiger partial charge in [0.1, 0.15) is 0 Å². The maximum atomic E-state index is 3.70. The third-order valence-electron chi connectivity index (χ3n) is 11.4. The predicted molar refractivity (Wildman–Crippen MR) is 230 cm³/mol. The van der Waals surface area contributed by atoms with Crippen molar-refractivity contribution in [3.63, 3.8) is 0 Å². The molecule has 2 aromatic rings. The SMILES string of the molecule is CCCCCCCCCCCCCCCCCCNCCCCCCCCCCCCCCCCCC(Cc1ccccc1)Cc1ccccc1. The second-order valence-corrected chi connectivity index (χ2v) is 16.4. The fourth-order valence-corrected chi connectivity index (χ4v) is 8.08. The van der Waals surface area contributed by atoms with Crippen molar-refractivity contribution in [1.29, 1.82) is 0 Å². The Morgan fingerprint density at radius 1 is 0.333 bits per heavy atom. The molecule has 0 amide bonds. The normalized spacial score (nSPS) is 11.6. The standard InChI is InChI=1S/C50H87N/c1-2-3-4-5-6-7-8-9-10-13-16-19-22-25-28-37-44-51-45-38-29-26-23-20-17-14-11-12-15-18-21-24-27-32-43-50(46-48-39-33-30-34-40-48)47-49-41-35-31-36-42-49/h30-31,33-36,39-42,50-51H,2-29,32,37-38,43-47H2,1H3. The quantitative estimate of drug-likeness (QED) is 0.0684. The lowest BCUT2D eigenvalue weighted by Gasteiger charge is -2.17. The molecule has 0 saturated heterocycles. The van der Waals surface area contributed by atoms with Gasteiger partial charge in [-0.25, -0.2) is 0 Å². The van der Waals surface area contributed by atoms with Gasteiger partial charge in [0.15, 0.2) is 0 Å². The molecule has 0 bridgehead atoms. The van der Waals surface area contributed by atoms with Gasteiger partial charge < -0.3 is 5.32 Å². The van der Waals surface area contributed by atoms with Crippen LogP contribution >= 0.6 is 0 Å². The summed E-state index contributed by atoms with van der Waals surface area (Å²) >= 11 is 0. The summed E-state index contributed by atoms with van der Waals surface area (Å²) in [7, 11) is 0. The Kier molecular flexibility index (Phi) is 32.8. The molecular formula is C50H87N. The Bertz CT molecular complexity index is 881. The highest BCUT2D eigenvalue weighted by Gasteiger charge is 2.11. The fraction of sp³-hybridized carbons (Fsp3) is 0.760. The first-order valence-corrected chi connectivity index (χ1v) is 23.2. The molecule has 0 unspecified atom stereocenters. The van der Waals surface area contributed by atoms with Crippen LogP contribution in [0, 0.1) is 5.92 Å². The topological polar surface area (TPSA) is 12.0 Å². The van der Waals surface area contributed by atoms with Crippen molar-refractivity contribution in [1.82, 2.24) is 5.32 Å². The molecule has 2 aromatic carbocycles. The van der Waals surface area contributed by atoms with Gasteiger partial charge in [-0.15, -0.1) is 0 Å². The maximum Gasteiger partial charge on any atom is -0.00489 e. The van der Waals surface area contributed by atoms with E-state index in [2.05, 4.69) is 72.9 Å². The Hall–Kier alpha value is -1.60. The van der Waals surface area contributed by atoms with E-state index in [1.54, 1.807) is 0 Å². The van der Waals surface area contributed by atoms with Crippen LogP contribution in [0.1, 0.15) is 224 Å². The Labute approximate surface area is 320 Å². The van der Waals surface area contributed by atoms with E-state index in [4.69, 9.17) is 0 Å². The highest BCUT2D eigenvalue weighted by molar-refractivity contribution is 5.18. The minimum Gasteiger partial charge on any atom is -0.317 e. The van der Waals surface area contributed by atoms with Gasteiger partial charge >= 0.3 is 0 Å². The Morgan fingerprint density at radius 2 is 0.608 bits per heavy atom. The first-order valence-electron chi connectivity index (χ1n) is 23.2. The molecule has 0 radical (unpaired) electrons. The van der Waals surface area contributed by atoms with Crippen molar-refractivity contribution < 1.29 is 0 Å². The zero-order valence-electron chi connectivity index (χ0n) is 34.3. The highest BCUT2D eigenvalue weighted by Crippen LogP contribution is 2.22. The lowest BCUT2D eigenvalue weighted by atomic mass is 9.88. The summed E-state index contributed by atoms with van der Waals surface area (Å²) in [6.07, 6.45) is 48.7. The monoisotopic (exact) mass is 702 g/mol. The van der Waals surface area contributed by atoms with E-state index in [9.17, 15) is 0 Å². The van der Waals surface area contributed by atoms with Gasteiger partial charge in [0, 0.05) is 0 Å². The molecule has 0 spiro atoms. The minimum atomic E-state index is 0.759. The third-order valence-corrected chi connectivity index (χ3v) is 11.4. The molecule has 0 aliphatic carbocycles. The van der Waals surface area contributed by atoms with Crippen LogP contribution in [0.2, 0.25) is 0 Å². The summed E-state index contributed by atoms with van der Waals surface area (Å²) in [6.45, 7) is 4.78. The highest BCUT2D eigenvalue weighted by atomic mass is 14.8. The van der Waals surface area contributed by atoms with Crippen molar-refractivity contribution in [3.8, 4) is 0 Å². The molecule has 1 N–H and O–H groups in total. The van der Waals surface area contributed by atoms with E-state index < -0.39 is 0 Å². The number of hydrogen-bond donors (Lipinski definition) is 1. The molecule has 2 rings (SSSR count). The molecule has 1 heteroatoms. The number of hydrogen-bond acceptors (Lipinski definition) is 1. The average Bonchev–Trinajstić information content (AvgIpc) is 3.15. The lowest BCUT2D eigenvalue weighted by molar-refractivity contribution is 0.444. The molecular weight excluding hydrogens is 615 g/mol. The summed E-state index contributed by atoms with van der Waals surface area (Å²) in [4.78, 5) is 0. The number of unbranched alkanes of at least 4 members (excludes halogenated alkanes) is 29. The van der Waals surface area contributed by atoms with E-state index >= 15 is 0 Å². The smallest absolute Gasteiger partial charge is 0.00489 e. The largest absolute Gasteiger partial charge is 0.317 e. The second kappa shape index (κ2) is 36.7. The molecule has 1 nitrogen and oxygen atoms in total. The first kappa shape index (κ1) is 45.6. The zero-order chi connectivity index (χ0) is 36.0. The summed E-state index contributed by atoms with van der Waals surface area (Å²) in [5, 5.41) is 3.70. The fourth-order valence-electron chi connectivity index (χ4n) is 8.08. The molecule has 0 heterocycles. The van der Waals surface area contributed by atoms with Gasteiger partial charge in [0.05, 0.1) is 0 Å². The summed E-state index contributed by atoms with van der Waals surface area (Å²) in [5.41, 5.74) is 2.99. The third kappa shape index (κ3) is 30.6. The van der Waals surface area contributed by atoms with Gasteiger partial charge in [0.25, 0.3) is 0 Å². The van der Waals surface area contributed by atoms with Crippen LogP contribution in [0.15, 0.2) is 60.7 Å². The van der Waals surface area contributed by atoms with Gasteiger partial charge in [-0.3, -0.25) is 0 Å². The maximum absolute atomic E-state index is 3.70. The summed E-state index contributed by atoms with van der Waals surface area (Å²) in [6, 6.07) is 22.3. The number of nitrogens with one attached hydrogen (secondary N) is 1. The molecule has 0 fully saturated rings. The van der Waals surface area contributed by atoms with Crippen LogP contribution in [0.3, 0.4) is 0 Å². The molecule has 292 valence electrons. The molecule has 0 aliphatic heterocycles. The summed E-state index contributed by atoms with van der Waals surface area (Å²) < 4.78 is 0. The van der Waals surface area contributed by atoms with Crippen LogP contribution in [0.5, 0.6) is 0 Å². The van der Waals surface area contributed by atoms with E-state index in [0.29, 0.717) is 0 Å². The van der Waals surface area contributed by atoms with Crippen molar-refractivity contribution in [3.05, 3.63) is 71.8 Å². The zero-order valence-corrected chi connectivity index (χ0v) is 34.3. The predicted octanol–water partition coefficient (Wildman–Crippen LogP) is 16.2. The van der Waals surface area contributed by atoms with Crippen LogP contribution in [-0.2, 0) is 12.8 Å². The van der Waals surface area contributed by atoms with Gasteiger partial charge in [-0.2, -0.15) is 0 Å². The van der Waals surface area contributed by atoms with Crippen LogP contribution in [0.25, 0.3) is 0 Å². The first-order chi connectivity index (χ1) is 25.4. The van der Waals surface area contributed by atoms with Gasteiger partial charge in [-0.1, -0.05) is 254 Å². The van der Waals surface area contributed by atoms with Crippen molar-refractivity contribution in [2.45, 2.75) is 225 Å². The summed E-state index contributed by atoms with van der Waals surface area (Å²) in [5.74, 6) is 0.759. The lowest BCUT2D eigenvalue weighted by Crippen LogP contribution is -2.16. The van der Waals surface area contributed by atoms with E-state index in [-0.39, 0.29) is 0 Å². The van der Waals surface area contributed by atoms with Gasteiger partial charge in [-0.05, 0) is 62.2 Å². The van der Waals surface area contributed by atoms with Crippen molar-refractivity contribution in [2.24, 2.45) is 5.92 Å². The van der Waals surface area contributed by atoms with E-state index in [0.717, 1.165) is 5.92 Å².